The fourth-order valence-corrected chi connectivity index (χ4v) is 3.03. The lowest BCUT2D eigenvalue weighted by atomic mass is 10.1. The summed E-state index contributed by atoms with van der Waals surface area (Å²) >= 11 is 0. The lowest BCUT2D eigenvalue weighted by molar-refractivity contribution is 0.209. The molecule has 0 unspecified atom stereocenters. The van der Waals surface area contributed by atoms with Crippen LogP contribution in [0, 0.1) is 17.1 Å². The van der Waals surface area contributed by atoms with E-state index in [1.54, 1.807) is 6.07 Å². The maximum Gasteiger partial charge on any atom is 0.229 e. The molecule has 0 atom stereocenters. The van der Waals surface area contributed by atoms with Crippen LogP contribution in [-0.2, 0) is 0 Å². The van der Waals surface area contributed by atoms with Crippen molar-refractivity contribution in [3.63, 3.8) is 0 Å². The predicted octanol–water partition coefficient (Wildman–Crippen LogP) is 2.34. The molecule has 26 heavy (non-hydrogen) atoms. The predicted molar refractivity (Wildman–Crippen MR) is 99.8 cm³/mol. The molecule has 0 radical (unpaired) electrons. The lowest BCUT2D eigenvalue weighted by Gasteiger charge is -2.38. The first-order chi connectivity index (χ1) is 12.5. The smallest absolute Gasteiger partial charge is 0.229 e. The van der Waals surface area contributed by atoms with Crippen molar-refractivity contribution in [2.24, 2.45) is 0 Å². The Bertz CT molecular complexity index is 823. The Balaban J connectivity index is 1.76. The van der Waals surface area contributed by atoms with Crippen LogP contribution in [0.3, 0.4) is 0 Å². The van der Waals surface area contributed by atoms with Crippen molar-refractivity contribution < 1.29 is 4.39 Å². The van der Waals surface area contributed by atoms with Gasteiger partial charge in [-0.15, -0.1) is 0 Å². The van der Waals surface area contributed by atoms with E-state index in [1.807, 2.05) is 12.1 Å². The number of rotatable bonds is 4. The van der Waals surface area contributed by atoms with Crippen molar-refractivity contribution in [1.29, 1.82) is 5.26 Å². The third-order valence-electron chi connectivity index (χ3n) is 4.53. The van der Waals surface area contributed by atoms with E-state index in [9.17, 15) is 9.65 Å². The topological polar surface area (TPSA) is 94.1 Å². The SMILES string of the molecule is CC(C)N1CCN(c2ccc(Nc3ncc(F)c(N)n3)cc2C#N)CC1. The number of nitrogens with zero attached hydrogens (tertiary/aromatic N) is 5. The minimum Gasteiger partial charge on any atom is -0.381 e. The second-order valence-electron chi connectivity index (χ2n) is 6.51. The van der Waals surface area contributed by atoms with E-state index in [4.69, 9.17) is 5.73 Å². The molecule has 2 aromatic rings. The van der Waals surface area contributed by atoms with Gasteiger partial charge in [0.25, 0.3) is 0 Å². The molecule has 1 aliphatic heterocycles. The highest BCUT2D eigenvalue weighted by molar-refractivity contribution is 5.67. The Morgan fingerprint density at radius 3 is 2.62 bits per heavy atom. The third kappa shape index (κ3) is 3.83. The Labute approximate surface area is 152 Å². The minimum absolute atomic E-state index is 0.186. The molecular formula is C18H22FN7. The summed E-state index contributed by atoms with van der Waals surface area (Å²) in [5.41, 5.74) is 7.60. The van der Waals surface area contributed by atoms with Gasteiger partial charge >= 0.3 is 0 Å². The monoisotopic (exact) mass is 355 g/mol. The van der Waals surface area contributed by atoms with Crippen LogP contribution in [0.1, 0.15) is 19.4 Å². The number of hydrogen-bond acceptors (Lipinski definition) is 7. The lowest BCUT2D eigenvalue weighted by Crippen LogP contribution is -2.49. The van der Waals surface area contributed by atoms with Crippen molar-refractivity contribution in [3.8, 4) is 6.07 Å². The van der Waals surface area contributed by atoms with Crippen molar-refractivity contribution in [3.05, 3.63) is 35.8 Å². The first-order valence-corrected chi connectivity index (χ1v) is 8.56. The van der Waals surface area contributed by atoms with E-state index in [-0.39, 0.29) is 11.8 Å². The van der Waals surface area contributed by atoms with E-state index in [2.05, 4.69) is 45.0 Å². The number of hydrogen-bond donors (Lipinski definition) is 2. The fraction of sp³-hybridized carbons (Fsp3) is 0.389. The Kier molecular flexibility index (Phi) is 5.19. The maximum absolute atomic E-state index is 13.2. The van der Waals surface area contributed by atoms with Gasteiger partial charge in [0, 0.05) is 37.9 Å². The molecule has 1 aromatic carbocycles. The van der Waals surface area contributed by atoms with Crippen LogP contribution in [0.15, 0.2) is 24.4 Å². The number of halogens is 1. The van der Waals surface area contributed by atoms with Gasteiger partial charge in [-0.1, -0.05) is 0 Å². The van der Waals surface area contributed by atoms with E-state index in [0.717, 1.165) is 38.1 Å². The quantitative estimate of drug-likeness (QED) is 0.869. The second kappa shape index (κ2) is 7.54. The molecule has 1 aliphatic rings. The highest BCUT2D eigenvalue weighted by atomic mass is 19.1. The van der Waals surface area contributed by atoms with Gasteiger partial charge in [0.1, 0.15) is 6.07 Å². The van der Waals surface area contributed by atoms with Crippen LogP contribution in [-0.4, -0.2) is 47.1 Å². The molecule has 1 saturated heterocycles. The van der Waals surface area contributed by atoms with Gasteiger partial charge in [-0.25, -0.2) is 9.37 Å². The summed E-state index contributed by atoms with van der Waals surface area (Å²) in [5.74, 6) is -0.696. The fourth-order valence-electron chi connectivity index (χ4n) is 3.03. The number of nitrogen functional groups attached to an aromatic ring is 1. The highest BCUT2D eigenvalue weighted by Gasteiger charge is 2.21. The summed E-state index contributed by atoms with van der Waals surface area (Å²) in [6.45, 7) is 8.12. The van der Waals surface area contributed by atoms with Crippen molar-refractivity contribution in [2.75, 3.05) is 42.1 Å². The Morgan fingerprint density at radius 2 is 2.00 bits per heavy atom. The molecule has 0 saturated carbocycles. The summed E-state index contributed by atoms with van der Waals surface area (Å²) in [7, 11) is 0. The molecule has 0 aliphatic carbocycles. The zero-order chi connectivity index (χ0) is 18.7. The Morgan fingerprint density at radius 1 is 1.27 bits per heavy atom. The molecule has 1 aromatic heterocycles. The third-order valence-corrected chi connectivity index (χ3v) is 4.53. The van der Waals surface area contributed by atoms with Gasteiger partial charge in [-0.05, 0) is 32.0 Å². The molecule has 7 nitrogen and oxygen atoms in total. The first-order valence-electron chi connectivity index (χ1n) is 8.56. The average molecular weight is 355 g/mol. The number of piperazine rings is 1. The summed E-state index contributed by atoms with van der Waals surface area (Å²) in [6, 6.07) is 8.30. The van der Waals surface area contributed by atoms with Gasteiger partial charge < -0.3 is 16.0 Å². The van der Waals surface area contributed by atoms with Crippen LogP contribution < -0.4 is 16.0 Å². The van der Waals surface area contributed by atoms with Crippen LogP contribution in [0.4, 0.5) is 27.5 Å². The number of aromatic nitrogens is 2. The van der Waals surface area contributed by atoms with E-state index < -0.39 is 5.82 Å². The van der Waals surface area contributed by atoms with Gasteiger partial charge in [-0.2, -0.15) is 10.2 Å². The molecular weight excluding hydrogens is 333 g/mol. The number of benzene rings is 1. The molecule has 3 N–H and O–H groups in total. The average Bonchev–Trinajstić information content (AvgIpc) is 2.64. The van der Waals surface area contributed by atoms with Gasteiger partial charge in [-0.3, -0.25) is 4.90 Å². The molecule has 8 heteroatoms. The maximum atomic E-state index is 13.2. The molecule has 0 amide bonds. The largest absolute Gasteiger partial charge is 0.381 e. The number of nitrogens with one attached hydrogen (secondary N) is 1. The normalized spacial score (nSPS) is 15.1. The molecule has 0 bridgehead atoms. The van der Waals surface area contributed by atoms with Crippen LogP contribution >= 0.6 is 0 Å². The molecule has 0 spiro atoms. The highest BCUT2D eigenvalue weighted by Crippen LogP contribution is 2.26. The minimum atomic E-state index is -0.663. The summed E-state index contributed by atoms with van der Waals surface area (Å²) in [4.78, 5) is 12.3. The molecule has 2 heterocycles. The van der Waals surface area contributed by atoms with E-state index in [1.165, 1.54) is 0 Å². The Hall–Kier alpha value is -2.92. The summed E-state index contributed by atoms with van der Waals surface area (Å²) in [5, 5.41) is 12.5. The number of nitrogens with two attached hydrogens (primary N) is 1. The van der Waals surface area contributed by atoms with Crippen LogP contribution in [0.25, 0.3) is 0 Å². The van der Waals surface area contributed by atoms with Gasteiger partial charge in [0.2, 0.25) is 5.95 Å². The molecule has 136 valence electrons. The van der Waals surface area contributed by atoms with E-state index in [0.29, 0.717) is 17.3 Å². The van der Waals surface area contributed by atoms with Gasteiger partial charge in [0.05, 0.1) is 17.4 Å². The van der Waals surface area contributed by atoms with Crippen molar-refractivity contribution >= 4 is 23.1 Å². The second-order valence-corrected chi connectivity index (χ2v) is 6.51. The molecule has 3 rings (SSSR count). The number of nitriles is 1. The first kappa shape index (κ1) is 17.9. The number of anilines is 4. The van der Waals surface area contributed by atoms with Gasteiger partial charge in [0.15, 0.2) is 11.6 Å². The van der Waals surface area contributed by atoms with Crippen molar-refractivity contribution in [1.82, 2.24) is 14.9 Å². The summed E-state index contributed by atoms with van der Waals surface area (Å²) in [6.07, 6.45) is 1.01. The van der Waals surface area contributed by atoms with Crippen LogP contribution in [0.5, 0.6) is 0 Å². The van der Waals surface area contributed by atoms with Crippen LogP contribution in [0.2, 0.25) is 0 Å². The molecule has 1 fully saturated rings. The standard InChI is InChI=1S/C18H22FN7/c1-12(2)25-5-7-26(8-6-25)16-4-3-14(9-13(16)10-20)23-18-22-11-15(19)17(21)24-18/h3-4,9,11-12H,5-8H2,1-2H3,(H3,21,22,23,24). The summed E-state index contributed by atoms with van der Waals surface area (Å²) < 4.78 is 13.2. The van der Waals surface area contributed by atoms with E-state index >= 15 is 0 Å². The zero-order valence-corrected chi connectivity index (χ0v) is 14.9. The van der Waals surface area contributed by atoms with Crippen molar-refractivity contribution in [2.45, 2.75) is 19.9 Å². The zero-order valence-electron chi connectivity index (χ0n) is 14.9.